The lowest BCUT2D eigenvalue weighted by Crippen LogP contribution is -2.42. The van der Waals surface area contributed by atoms with E-state index < -0.39 is 10.0 Å². The lowest BCUT2D eigenvalue weighted by atomic mass is 10.2. The first-order valence-electron chi connectivity index (χ1n) is 7.52. The van der Waals surface area contributed by atoms with Crippen LogP contribution in [-0.4, -0.2) is 64.2 Å². The fourth-order valence-electron chi connectivity index (χ4n) is 2.28. The third kappa shape index (κ3) is 4.65. The summed E-state index contributed by atoms with van der Waals surface area (Å²) in [4.78, 5) is 18.3. The number of hydrogen-bond acceptors (Lipinski definition) is 5. The van der Waals surface area contributed by atoms with Crippen molar-refractivity contribution >= 4 is 32.5 Å². The van der Waals surface area contributed by atoms with Gasteiger partial charge in [-0.3, -0.25) is 14.1 Å². The maximum Gasteiger partial charge on any atom is 0.240 e. The van der Waals surface area contributed by atoms with Gasteiger partial charge in [-0.2, -0.15) is 0 Å². The molecule has 1 aromatic heterocycles. The number of likely N-dealkylation sites (N-methyl/N-ethyl adjacent to an activating group) is 1. The molecule has 1 heterocycles. The average molecular weight is 350 g/mol. The molecule has 0 saturated heterocycles. The van der Waals surface area contributed by atoms with E-state index in [1.807, 2.05) is 31.1 Å². The fourth-order valence-corrected chi connectivity index (χ4v) is 3.13. The molecule has 0 bridgehead atoms. The Morgan fingerprint density at radius 1 is 1.21 bits per heavy atom. The highest BCUT2D eigenvalue weighted by molar-refractivity contribution is 7.92. The van der Waals surface area contributed by atoms with Gasteiger partial charge in [0.05, 0.1) is 17.5 Å². The molecule has 7 nitrogen and oxygen atoms in total. The second-order valence-corrected chi connectivity index (χ2v) is 7.68. The number of anilines is 1. The van der Waals surface area contributed by atoms with Crippen molar-refractivity contribution in [1.82, 2.24) is 15.2 Å². The maximum absolute atomic E-state index is 12.2. The Morgan fingerprint density at radius 3 is 2.58 bits per heavy atom. The first kappa shape index (κ1) is 18.2. The summed E-state index contributed by atoms with van der Waals surface area (Å²) in [6.07, 6.45) is 2.69. The number of rotatable bonds is 7. The van der Waals surface area contributed by atoms with E-state index in [0.717, 1.165) is 15.9 Å². The number of nitrogens with zero attached hydrogens (tertiary/aromatic N) is 3. The number of nitrogens with one attached hydrogen (secondary N) is 1. The van der Waals surface area contributed by atoms with E-state index in [2.05, 4.69) is 10.3 Å². The summed E-state index contributed by atoms with van der Waals surface area (Å²) in [5, 5.41) is 3.54. The minimum Gasteiger partial charge on any atom is -0.353 e. The highest BCUT2D eigenvalue weighted by atomic mass is 32.2. The minimum atomic E-state index is -3.62. The standard InChI is InChI=1S/C16H22N4O3S/c1-19(2)11-10-17-15(21)12-20(24(3,22)23)14-8-4-6-13-7-5-9-18-16(13)14/h4-9H,10-12H2,1-3H3,(H,17,21). The van der Waals surface area contributed by atoms with Gasteiger partial charge in [-0.25, -0.2) is 8.42 Å². The van der Waals surface area contributed by atoms with Crippen molar-refractivity contribution in [1.29, 1.82) is 0 Å². The Bertz CT molecular complexity index is 816. The number of benzene rings is 1. The molecule has 8 heteroatoms. The molecule has 0 unspecified atom stereocenters. The zero-order chi connectivity index (χ0) is 17.7. The Kier molecular flexibility index (Phi) is 5.74. The summed E-state index contributed by atoms with van der Waals surface area (Å²) in [6.45, 7) is 0.861. The molecule has 0 radical (unpaired) electrons. The van der Waals surface area contributed by atoms with Crippen molar-refractivity contribution in [3.05, 3.63) is 36.5 Å². The SMILES string of the molecule is CN(C)CCNC(=O)CN(c1cccc2cccnc12)S(C)(=O)=O. The van der Waals surface area contributed by atoms with Gasteiger partial charge in [0.1, 0.15) is 6.54 Å². The fraction of sp³-hybridized carbons (Fsp3) is 0.375. The van der Waals surface area contributed by atoms with Crippen LogP contribution in [0.1, 0.15) is 0 Å². The molecule has 24 heavy (non-hydrogen) atoms. The zero-order valence-corrected chi connectivity index (χ0v) is 14.9. The van der Waals surface area contributed by atoms with Crippen LogP contribution in [0, 0.1) is 0 Å². The summed E-state index contributed by atoms with van der Waals surface area (Å²) < 4.78 is 25.5. The first-order valence-corrected chi connectivity index (χ1v) is 9.37. The van der Waals surface area contributed by atoms with Crippen LogP contribution >= 0.6 is 0 Å². The Morgan fingerprint density at radius 2 is 1.92 bits per heavy atom. The van der Waals surface area contributed by atoms with Gasteiger partial charge in [-0.15, -0.1) is 0 Å². The predicted octanol–water partition coefficient (Wildman–Crippen LogP) is 0.679. The first-order chi connectivity index (χ1) is 11.3. The van der Waals surface area contributed by atoms with Crippen molar-refractivity contribution < 1.29 is 13.2 Å². The van der Waals surface area contributed by atoms with Crippen molar-refractivity contribution in [3.8, 4) is 0 Å². The van der Waals surface area contributed by atoms with E-state index in [-0.39, 0.29) is 12.5 Å². The average Bonchev–Trinajstić information content (AvgIpc) is 2.51. The minimum absolute atomic E-state index is 0.276. The van der Waals surface area contributed by atoms with E-state index >= 15 is 0 Å². The van der Waals surface area contributed by atoms with Gasteiger partial charge in [0.2, 0.25) is 15.9 Å². The Hall–Kier alpha value is -2.19. The molecular weight excluding hydrogens is 328 g/mol. The van der Waals surface area contributed by atoms with Gasteiger partial charge < -0.3 is 10.2 Å². The number of aromatic nitrogens is 1. The largest absolute Gasteiger partial charge is 0.353 e. The molecule has 0 saturated carbocycles. The molecular formula is C16H22N4O3S. The molecule has 2 aromatic rings. The highest BCUT2D eigenvalue weighted by Crippen LogP contribution is 2.26. The van der Waals surface area contributed by atoms with E-state index in [1.165, 1.54) is 0 Å². The molecule has 0 spiro atoms. The summed E-state index contributed by atoms with van der Waals surface area (Å²) >= 11 is 0. The zero-order valence-electron chi connectivity index (χ0n) is 14.1. The van der Waals surface area contributed by atoms with E-state index in [9.17, 15) is 13.2 Å². The van der Waals surface area contributed by atoms with E-state index in [4.69, 9.17) is 0 Å². The summed E-state index contributed by atoms with van der Waals surface area (Å²) in [7, 11) is 0.175. The molecule has 1 amide bonds. The molecule has 0 fully saturated rings. The molecule has 1 aromatic carbocycles. The number of carbonyl (C=O) groups is 1. The third-order valence-electron chi connectivity index (χ3n) is 3.45. The molecule has 0 atom stereocenters. The number of hydrogen-bond donors (Lipinski definition) is 1. The lowest BCUT2D eigenvalue weighted by Gasteiger charge is -2.23. The monoisotopic (exact) mass is 350 g/mol. The van der Waals surface area contributed by atoms with E-state index in [0.29, 0.717) is 24.3 Å². The quantitative estimate of drug-likeness (QED) is 0.794. The number of sulfonamides is 1. The maximum atomic E-state index is 12.2. The molecule has 130 valence electrons. The number of amides is 1. The van der Waals surface area contributed by atoms with Crippen molar-refractivity contribution in [2.45, 2.75) is 0 Å². The van der Waals surface area contributed by atoms with Crippen LogP contribution in [0.5, 0.6) is 0 Å². The molecule has 2 rings (SSSR count). The Labute approximate surface area is 142 Å². The number of carbonyl (C=O) groups excluding carboxylic acids is 1. The van der Waals surface area contributed by atoms with Gasteiger partial charge >= 0.3 is 0 Å². The molecule has 1 N–H and O–H groups in total. The normalized spacial score (nSPS) is 11.7. The third-order valence-corrected chi connectivity index (χ3v) is 4.58. The van der Waals surface area contributed by atoms with Crippen molar-refractivity contribution in [3.63, 3.8) is 0 Å². The van der Waals surface area contributed by atoms with Gasteiger partial charge in [0, 0.05) is 24.7 Å². The van der Waals surface area contributed by atoms with E-state index in [1.54, 1.807) is 24.4 Å². The van der Waals surface area contributed by atoms with Crippen LogP contribution < -0.4 is 9.62 Å². The van der Waals surface area contributed by atoms with Crippen LogP contribution in [0.25, 0.3) is 10.9 Å². The molecule has 0 aliphatic carbocycles. The van der Waals surface area contributed by atoms with Gasteiger partial charge in [-0.1, -0.05) is 18.2 Å². The van der Waals surface area contributed by atoms with Gasteiger partial charge in [0.15, 0.2) is 0 Å². The number of pyridine rings is 1. The van der Waals surface area contributed by atoms with Crippen LogP contribution in [0.2, 0.25) is 0 Å². The van der Waals surface area contributed by atoms with Crippen LogP contribution in [-0.2, 0) is 14.8 Å². The smallest absolute Gasteiger partial charge is 0.240 e. The number of fused-ring (bicyclic) bond motifs is 1. The summed E-state index contributed by atoms with van der Waals surface area (Å²) in [6, 6.07) is 8.89. The van der Waals surface area contributed by atoms with Crippen molar-refractivity contribution in [2.75, 3.05) is 44.3 Å². The molecule has 0 aliphatic rings. The topological polar surface area (TPSA) is 82.6 Å². The Balaban J connectivity index is 2.28. The lowest BCUT2D eigenvalue weighted by molar-refractivity contribution is -0.119. The highest BCUT2D eigenvalue weighted by Gasteiger charge is 2.22. The van der Waals surface area contributed by atoms with Crippen LogP contribution in [0.4, 0.5) is 5.69 Å². The summed E-state index contributed by atoms with van der Waals surface area (Å²) in [5.74, 6) is -0.352. The predicted molar refractivity (Wildman–Crippen MR) is 95.5 cm³/mol. The van der Waals surface area contributed by atoms with Gasteiger partial charge in [0.25, 0.3) is 0 Å². The van der Waals surface area contributed by atoms with Crippen LogP contribution in [0.15, 0.2) is 36.5 Å². The summed E-state index contributed by atoms with van der Waals surface area (Å²) in [5.41, 5.74) is 0.949. The van der Waals surface area contributed by atoms with Crippen molar-refractivity contribution in [2.24, 2.45) is 0 Å². The second-order valence-electron chi connectivity index (χ2n) is 5.78. The molecule has 0 aliphatic heterocycles. The second kappa shape index (κ2) is 7.59. The van der Waals surface area contributed by atoms with Gasteiger partial charge in [-0.05, 0) is 26.2 Å². The number of para-hydroxylation sites is 1. The van der Waals surface area contributed by atoms with Crippen LogP contribution in [0.3, 0.4) is 0 Å².